The maximum absolute atomic E-state index is 13.2. The number of amides is 1. The third kappa shape index (κ3) is 2.92. The van der Waals surface area contributed by atoms with Crippen LogP contribution in [0.2, 0.25) is 0 Å². The maximum atomic E-state index is 13.2. The third-order valence-corrected chi connectivity index (χ3v) is 7.13. The molecule has 0 bridgehead atoms. The molecule has 2 fully saturated rings. The Morgan fingerprint density at radius 1 is 1.20 bits per heavy atom. The first kappa shape index (κ1) is 16.8. The highest BCUT2D eigenvalue weighted by Gasteiger charge is 2.42. The Bertz CT molecular complexity index is 892. The van der Waals surface area contributed by atoms with Crippen molar-refractivity contribution in [2.75, 3.05) is 32.8 Å². The van der Waals surface area contributed by atoms with Crippen LogP contribution in [-0.4, -0.2) is 71.2 Å². The topological polar surface area (TPSA) is 92.7 Å². The summed E-state index contributed by atoms with van der Waals surface area (Å²) in [7, 11) is -3.81. The van der Waals surface area contributed by atoms with Crippen molar-refractivity contribution in [3.63, 3.8) is 0 Å². The number of ether oxygens (including phenoxy) is 1. The van der Waals surface area contributed by atoms with E-state index in [0.717, 1.165) is 11.7 Å². The fraction of sp³-hybridized carbons (Fsp3) is 0.533. The van der Waals surface area contributed by atoms with Gasteiger partial charge in [0.05, 0.1) is 24.9 Å². The second-order valence-corrected chi connectivity index (χ2v) is 8.49. The highest BCUT2D eigenvalue weighted by molar-refractivity contribution is 7.89. The fourth-order valence-corrected chi connectivity index (χ4v) is 5.79. The maximum Gasteiger partial charge on any atom is 0.246 e. The lowest BCUT2D eigenvalue weighted by Gasteiger charge is -2.32. The molecule has 0 saturated carbocycles. The van der Waals surface area contributed by atoms with Crippen LogP contribution in [0.4, 0.5) is 0 Å². The summed E-state index contributed by atoms with van der Waals surface area (Å²) in [6.45, 7) is 2.35. The SMILES string of the molecule is O=C([C@H]1CCCN1S(=O)(=O)c1cccc2nsnc12)N1CCOCC1. The van der Waals surface area contributed by atoms with Crippen LogP contribution in [0.3, 0.4) is 0 Å². The van der Waals surface area contributed by atoms with Crippen molar-refractivity contribution >= 4 is 38.7 Å². The molecule has 0 aliphatic carbocycles. The van der Waals surface area contributed by atoms with Crippen molar-refractivity contribution in [1.82, 2.24) is 18.0 Å². The van der Waals surface area contributed by atoms with E-state index in [9.17, 15) is 13.2 Å². The molecule has 3 heterocycles. The van der Waals surface area contributed by atoms with Gasteiger partial charge in [0.25, 0.3) is 0 Å². The molecule has 0 spiro atoms. The van der Waals surface area contributed by atoms with Crippen LogP contribution < -0.4 is 0 Å². The van der Waals surface area contributed by atoms with E-state index in [1.165, 1.54) is 10.4 Å². The van der Waals surface area contributed by atoms with Gasteiger partial charge in [0.1, 0.15) is 22.0 Å². The predicted molar refractivity (Wildman–Crippen MR) is 91.7 cm³/mol. The Kier molecular flexibility index (Phi) is 4.44. The van der Waals surface area contributed by atoms with Gasteiger partial charge in [-0.05, 0) is 25.0 Å². The number of fused-ring (bicyclic) bond motifs is 1. The van der Waals surface area contributed by atoms with Gasteiger partial charge in [-0.3, -0.25) is 4.79 Å². The Morgan fingerprint density at radius 2 is 2.00 bits per heavy atom. The van der Waals surface area contributed by atoms with Gasteiger partial charge in [0, 0.05) is 19.6 Å². The molecule has 10 heteroatoms. The summed E-state index contributed by atoms with van der Waals surface area (Å²) in [5.74, 6) is -0.132. The summed E-state index contributed by atoms with van der Waals surface area (Å²) in [5, 5.41) is 0. The lowest BCUT2D eigenvalue weighted by atomic mass is 10.2. The molecule has 25 heavy (non-hydrogen) atoms. The second-order valence-electron chi connectivity index (χ2n) is 6.10. The summed E-state index contributed by atoms with van der Waals surface area (Å²) in [6.07, 6.45) is 1.21. The quantitative estimate of drug-likeness (QED) is 0.776. The highest BCUT2D eigenvalue weighted by Crippen LogP contribution is 2.30. The van der Waals surface area contributed by atoms with Gasteiger partial charge in [-0.1, -0.05) is 6.07 Å². The molecule has 134 valence electrons. The smallest absolute Gasteiger partial charge is 0.246 e. The number of carbonyl (C=O) groups is 1. The number of carbonyl (C=O) groups excluding carboxylic acids is 1. The number of morpholine rings is 1. The number of nitrogens with zero attached hydrogens (tertiary/aromatic N) is 4. The Hall–Kier alpha value is -1.62. The van der Waals surface area contributed by atoms with Crippen LogP contribution in [-0.2, 0) is 19.6 Å². The average molecular weight is 382 g/mol. The highest BCUT2D eigenvalue weighted by atomic mass is 32.2. The Balaban J connectivity index is 1.67. The van der Waals surface area contributed by atoms with Gasteiger partial charge in [-0.2, -0.15) is 13.1 Å². The molecule has 2 aliphatic rings. The number of aromatic nitrogens is 2. The molecule has 1 aromatic carbocycles. The van der Waals surface area contributed by atoms with E-state index in [1.807, 2.05) is 0 Å². The molecule has 2 aromatic rings. The average Bonchev–Trinajstić information content (AvgIpc) is 3.30. The summed E-state index contributed by atoms with van der Waals surface area (Å²) in [4.78, 5) is 14.7. The van der Waals surface area contributed by atoms with Crippen molar-refractivity contribution in [1.29, 1.82) is 0 Å². The Morgan fingerprint density at radius 3 is 2.80 bits per heavy atom. The zero-order chi connectivity index (χ0) is 17.4. The predicted octanol–water partition coefficient (Wildman–Crippen LogP) is 0.703. The van der Waals surface area contributed by atoms with E-state index >= 15 is 0 Å². The molecule has 4 rings (SSSR count). The van der Waals surface area contributed by atoms with Gasteiger partial charge >= 0.3 is 0 Å². The minimum absolute atomic E-state index is 0.125. The molecule has 2 aliphatic heterocycles. The normalized spacial score (nSPS) is 22.6. The monoisotopic (exact) mass is 382 g/mol. The zero-order valence-corrected chi connectivity index (χ0v) is 15.1. The number of hydrogen-bond acceptors (Lipinski definition) is 7. The number of rotatable bonds is 3. The third-order valence-electron chi connectivity index (χ3n) is 4.65. The number of sulfonamides is 1. The van der Waals surface area contributed by atoms with E-state index in [0.29, 0.717) is 56.7 Å². The van der Waals surface area contributed by atoms with Crippen LogP contribution in [0.5, 0.6) is 0 Å². The van der Waals surface area contributed by atoms with Gasteiger partial charge in [-0.15, -0.1) is 0 Å². The molecule has 0 N–H and O–H groups in total. The van der Waals surface area contributed by atoms with Crippen LogP contribution in [0.25, 0.3) is 11.0 Å². The first-order valence-corrected chi connectivity index (χ1v) is 10.4. The minimum atomic E-state index is -3.81. The summed E-state index contributed by atoms with van der Waals surface area (Å²) in [6, 6.07) is 4.28. The zero-order valence-electron chi connectivity index (χ0n) is 13.5. The van der Waals surface area contributed by atoms with E-state index in [2.05, 4.69) is 8.75 Å². The first-order valence-electron chi connectivity index (χ1n) is 8.19. The molecule has 8 nitrogen and oxygen atoms in total. The molecule has 2 saturated heterocycles. The van der Waals surface area contributed by atoms with Crippen molar-refractivity contribution < 1.29 is 17.9 Å². The van der Waals surface area contributed by atoms with Crippen LogP contribution in [0.15, 0.2) is 23.1 Å². The number of benzene rings is 1. The lowest BCUT2D eigenvalue weighted by Crippen LogP contribution is -2.50. The van der Waals surface area contributed by atoms with Crippen molar-refractivity contribution in [3.05, 3.63) is 18.2 Å². The standard InChI is InChI=1S/C15H18N4O4S2/c20-15(18-7-9-23-10-8-18)12-4-2-6-19(12)25(21,22)13-5-1-3-11-14(13)17-24-16-11/h1,3,5,12H,2,4,6-10H2/t12-/m1/s1. The van der Waals surface area contributed by atoms with Gasteiger partial charge in [0.15, 0.2) is 0 Å². The molecular weight excluding hydrogens is 364 g/mol. The largest absolute Gasteiger partial charge is 0.378 e. The van der Waals surface area contributed by atoms with Gasteiger partial charge < -0.3 is 9.64 Å². The number of hydrogen-bond donors (Lipinski definition) is 0. The van der Waals surface area contributed by atoms with Crippen molar-refractivity contribution in [2.24, 2.45) is 0 Å². The van der Waals surface area contributed by atoms with Crippen molar-refractivity contribution in [2.45, 2.75) is 23.8 Å². The van der Waals surface area contributed by atoms with Gasteiger partial charge in [-0.25, -0.2) is 8.42 Å². The Labute approximate surface area is 149 Å². The van der Waals surface area contributed by atoms with Crippen molar-refractivity contribution in [3.8, 4) is 0 Å². The van der Waals surface area contributed by atoms with E-state index in [1.54, 1.807) is 17.0 Å². The summed E-state index contributed by atoms with van der Waals surface area (Å²) < 4.78 is 41.3. The molecule has 0 radical (unpaired) electrons. The molecular formula is C15H18N4O4S2. The first-order chi connectivity index (χ1) is 12.1. The van der Waals surface area contributed by atoms with E-state index < -0.39 is 16.1 Å². The van der Waals surface area contributed by atoms with E-state index in [4.69, 9.17) is 4.74 Å². The van der Waals surface area contributed by atoms with Crippen LogP contribution >= 0.6 is 11.7 Å². The molecule has 1 amide bonds. The van der Waals surface area contributed by atoms with Crippen LogP contribution in [0, 0.1) is 0 Å². The van der Waals surface area contributed by atoms with E-state index in [-0.39, 0.29) is 10.8 Å². The molecule has 0 unspecified atom stereocenters. The van der Waals surface area contributed by atoms with Gasteiger partial charge in [0.2, 0.25) is 15.9 Å². The summed E-state index contributed by atoms with van der Waals surface area (Å²) in [5.41, 5.74) is 0.929. The summed E-state index contributed by atoms with van der Waals surface area (Å²) >= 11 is 0.983. The second kappa shape index (κ2) is 6.60. The fourth-order valence-electron chi connectivity index (χ4n) is 3.38. The van der Waals surface area contributed by atoms with Crippen LogP contribution in [0.1, 0.15) is 12.8 Å². The minimum Gasteiger partial charge on any atom is -0.378 e. The molecule has 1 atom stereocenters. The molecule has 1 aromatic heterocycles. The lowest BCUT2D eigenvalue weighted by molar-refractivity contribution is -0.138.